The number of hydrogen-bond donors (Lipinski definition) is 1. The fourth-order valence-corrected chi connectivity index (χ4v) is 0.677. The van der Waals surface area contributed by atoms with Gasteiger partial charge in [-0.2, -0.15) is 0 Å². The highest BCUT2D eigenvalue weighted by Gasteiger charge is 1.80. The van der Waals surface area contributed by atoms with Gasteiger partial charge in [0, 0.05) is 6.61 Å². The van der Waals surface area contributed by atoms with E-state index in [9.17, 15) is 0 Å². The van der Waals surface area contributed by atoms with Crippen molar-refractivity contribution in [3.63, 3.8) is 0 Å². The number of alkyl halides is 2. The lowest BCUT2D eigenvalue weighted by molar-refractivity contribution is 0.318. The summed E-state index contributed by atoms with van der Waals surface area (Å²) in [7, 11) is 0. The highest BCUT2D eigenvalue weighted by molar-refractivity contribution is 6.40. The van der Waals surface area contributed by atoms with Crippen LogP contribution in [-0.4, -0.2) is 17.1 Å². The standard InChI is InChI=1S/C7H16.C2H6O.CH2Cl2/c1-3-5-7-6-4-2;1-2-3;2-1-3/h3-7H2,1-2H3;3H,2H2,1H3;1H2. The van der Waals surface area contributed by atoms with Crippen LogP contribution in [0.25, 0.3) is 0 Å². The monoisotopic (exact) mass is 230 g/mol. The van der Waals surface area contributed by atoms with E-state index in [1.54, 1.807) is 6.92 Å². The highest BCUT2D eigenvalue weighted by Crippen LogP contribution is 2.00. The second-order valence-corrected chi connectivity index (χ2v) is 3.29. The van der Waals surface area contributed by atoms with Gasteiger partial charge in [-0.05, 0) is 6.92 Å². The molecule has 0 saturated heterocycles. The molecule has 0 amide bonds. The molecule has 1 nitrogen and oxygen atoms in total. The van der Waals surface area contributed by atoms with Crippen molar-refractivity contribution >= 4 is 23.2 Å². The van der Waals surface area contributed by atoms with Gasteiger partial charge >= 0.3 is 0 Å². The van der Waals surface area contributed by atoms with Gasteiger partial charge in [0.2, 0.25) is 0 Å². The van der Waals surface area contributed by atoms with Gasteiger partial charge in [0.05, 0.1) is 5.34 Å². The topological polar surface area (TPSA) is 20.2 Å². The van der Waals surface area contributed by atoms with Crippen molar-refractivity contribution in [3.05, 3.63) is 0 Å². The zero-order chi connectivity index (χ0) is 10.9. The second kappa shape index (κ2) is 29.4. The molecule has 0 aromatic heterocycles. The third kappa shape index (κ3) is 67.6. The summed E-state index contributed by atoms with van der Waals surface area (Å²) >= 11 is 9.53. The van der Waals surface area contributed by atoms with E-state index < -0.39 is 0 Å². The first-order chi connectivity index (χ1) is 6.24. The van der Waals surface area contributed by atoms with Gasteiger partial charge in [0.1, 0.15) is 0 Å². The number of halogens is 2. The molecule has 0 aliphatic rings. The van der Waals surface area contributed by atoms with Gasteiger partial charge in [-0.1, -0.05) is 46.0 Å². The Kier molecular flexibility index (Phi) is 43.3. The third-order valence-corrected chi connectivity index (χ3v) is 1.21. The summed E-state index contributed by atoms with van der Waals surface area (Å²) in [4.78, 5) is 0. The molecule has 0 aliphatic heterocycles. The quantitative estimate of drug-likeness (QED) is 0.561. The van der Waals surface area contributed by atoms with Crippen molar-refractivity contribution in [2.24, 2.45) is 0 Å². The summed E-state index contributed by atoms with van der Waals surface area (Å²) in [5.74, 6) is 0. The zero-order valence-corrected chi connectivity index (χ0v) is 10.7. The Morgan fingerprint density at radius 1 is 0.846 bits per heavy atom. The fourth-order valence-electron chi connectivity index (χ4n) is 0.677. The summed E-state index contributed by atoms with van der Waals surface area (Å²) in [5.41, 5.74) is 0. The van der Waals surface area contributed by atoms with Gasteiger partial charge < -0.3 is 5.11 Å². The number of aliphatic hydroxyl groups is 1. The van der Waals surface area contributed by atoms with E-state index >= 15 is 0 Å². The van der Waals surface area contributed by atoms with Crippen LogP contribution in [0.15, 0.2) is 0 Å². The summed E-state index contributed by atoms with van der Waals surface area (Å²) in [6.45, 7) is 6.42. The third-order valence-electron chi connectivity index (χ3n) is 1.21. The summed E-state index contributed by atoms with van der Waals surface area (Å²) < 4.78 is 0. The Bertz CT molecular complexity index is 46.2. The highest BCUT2D eigenvalue weighted by atomic mass is 35.5. The molecule has 0 radical (unpaired) electrons. The van der Waals surface area contributed by atoms with Crippen LogP contribution in [0.1, 0.15) is 52.9 Å². The van der Waals surface area contributed by atoms with E-state index in [-0.39, 0.29) is 11.9 Å². The van der Waals surface area contributed by atoms with Gasteiger partial charge in [0.15, 0.2) is 0 Å². The van der Waals surface area contributed by atoms with Crippen LogP contribution in [0.2, 0.25) is 0 Å². The zero-order valence-electron chi connectivity index (χ0n) is 9.15. The smallest absolute Gasteiger partial charge is 0.0967 e. The average Bonchev–Trinajstić information content (AvgIpc) is 2.08. The number of hydrogen-bond acceptors (Lipinski definition) is 1. The molecule has 0 aromatic rings. The first-order valence-corrected chi connectivity index (χ1v) is 6.04. The predicted molar refractivity (Wildman–Crippen MR) is 63.8 cm³/mol. The molecule has 84 valence electrons. The normalized spacial score (nSPS) is 7.85. The minimum Gasteiger partial charge on any atom is -0.397 e. The van der Waals surface area contributed by atoms with Crippen LogP contribution in [0.5, 0.6) is 0 Å². The van der Waals surface area contributed by atoms with Crippen molar-refractivity contribution in [2.75, 3.05) is 11.9 Å². The van der Waals surface area contributed by atoms with E-state index in [1.165, 1.54) is 32.1 Å². The lowest BCUT2D eigenvalue weighted by Gasteiger charge is -1.90. The lowest BCUT2D eigenvalue weighted by Crippen LogP contribution is -1.70. The summed E-state index contributed by atoms with van der Waals surface area (Å²) in [5, 5.41) is 7.76. The molecule has 0 saturated carbocycles. The molecule has 0 unspecified atom stereocenters. The Labute approximate surface area is 93.4 Å². The molecule has 0 rings (SSSR count). The fraction of sp³-hybridized carbons (Fsp3) is 1.00. The van der Waals surface area contributed by atoms with E-state index in [0.29, 0.717) is 0 Å². The van der Waals surface area contributed by atoms with Crippen molar-refractivity contribution < 1.29 is 5.11 Å². The van der Waals surface area contributed by atoms with Gasteiger partial charge in [-0.3, -0.25) is 0 Å². The van der Waals surface area contributed by atoms with Crippen LogP contribution in [0.4, 0.5) is 0 Å². The SMILES string of the molecule is CCCCCCC.CCO.ClCCl. The molecular formula is C10H24Cl2O. The molecule has 0 bridgehead atoms. The Morgan fingerprint density at radius 3 is 1.23 bits per heavy atom. The second-order valence-electron chi connectivity index (χ2n) is 2.48. The molecule has 0 spiro atoms. The Hall–Kier alpha value is 0.540. The molecule has 0 fully saturated rings. The number of rotatable bonds is 4. The number of unbranched alkanes of at least 4 members (excludes halogenated alkanes) is 4. The Morgan fingerprint density at radius 2 is 1.08 bits per heavy atom. The largest absolute Gasteiger partial charge is 0.397 e. The molecular weight excluding hydrogens is 207 g/mol. The first kappa shape index (κ1) is 19.2. The number of aliphatic hydroxyl groups excluding tert-OH is 1. The minimum absolute atomic E-state index is 0.194. The molecule has 0 heterocycles. The van der Waals surface area contributed by atoms with Crippen LogP contribution < -0.4 is 0 Å². The lowest BCUT2D eigenvalue weighted by atomic mass is 10.2. The Balaban J connectivity index is -0.000000140. The van der Waals surface area contributed by atoms with Crippen LogP contribution in [0, 0.1) is 0 Å². The maximum atomic E-state index is 7.57. The van der Waals surface area contributed by atoms with Crippen molar-refractivity contribution in [1.82, 2.24) is 0 Å². The predicted octanol–water partition coefficient (Wildman–Crippen LogP) is 4.40. The van der Waals surface area contributed by atoms with E-state index in [1.807, 2.05) is 0 Å². The van der Waals surface area contributed by atoms with Crippen molar-refractivity contribution in [3.8, 4) is 0 Å². The van der Waals surface area contributed by atoms with Crippen LogP contribution in [-0.2, 0) is 0 Å². The van der Waals surface area contributed by atoms with Gasteiger partial charge in [0.25, 0.3) is 0 Å². The minimum atomic E-state index is 0.194. The van der Waals surface area contributed by atoms with Crippen molar-refractivity contribution in [2.45, 2.75) is 52.9 Å². The molecule has 0 aliphatic carbocycles. The van der Waals surface area contributed by atoms with Gasteiger partial charge in [-0.15, -0.1) is 23.2 Å². The summed E-state index contributed by atoms with van der Waals surface area (Å²) in [6, 6.07) is 0. The van der Waals surface area contributed by atoms with E-state index in [2.05, 4.69) is 13.8 Å². The van der Waals surface area contributed by atoms with E-state index in [0.717, 1.165) is 0 Å². The molecule has 13 heavy (non-hydrogen) atoms. The molecule has 0 aromatic carbocycles. The maximum absolute atomic E-state index is 7.57. The molecule has 3 heteroatoms. The average molecular weight is 231 g/mol. The van der Waals surface area contributed by atoms with E-state index in [4.69, 9.17) is 28.3 Å². The van der Waals surface area contributed by atoms with Crippen LogP contribution in [0.3, 0.4) is 0 Å². The first-order valence-electron chi connectivity index (χ1n) is 4.97. The van der Waals surface area contributed by atoms with Gasteiger partial charge in [-0.25, -0.2) is 0 Å². The molecule has 0 atom stereocenters. The van der Waals surface area contributed by atoms with Crippen LogP contribution >= 0.6 is 23.2 Å². The molecule has 1 N–H and O–H groups in total. The maximum Gasteiger partial charge on any atom is 0.0967 e. The summed E-state index contributed by atoms with van der Waals surface area (Å²) in [6.07, 6.45) is 7.01. The van der Waals surface area contributed by atoms with Crippen molar-refractivity contribution in [1.29, 1.82) is 0 Å².